The fraction of sp³-hybridized carbons (Fsp3) is 0.0556. The van der Waals surface area contributed by atoms with E-state index in [1.54, 1.807) is 30.6 Å². The molecule has 0 saturated carbocycles. The van der Waals surface area contributed by atoms with Gasteiger partial charge in [-0.15, -0.1) is 0 Å². The van der Waals surface area contributed by atoms with Gasteiger partial charge in [-0.25, -0.2) is 24.3 Å². The number of carboxylic acids is 1. The van der Waals surface area contributed by atoms with E-state index in [1.807, 2.05) is 25.1 Å². The van der Waals surface area contributed by atoms with Crippen LogP contribution < -0.4 is 4.74 Å². The van der Waals surface area contributed by atoms with Crippen molar-refractivity contribution in [3.8, 4) is 23.0 Å². The predicted octanol–water partition coefficient (Wildman–Crippen LogP) is 2.99. The summed E-state index contributed by atoms with van der Waals surface area (Å²) in [5, 5.41) is 13.4. The summed E-state index contributed by atoms with van der Waals surface area (Å²) in [7, 11) is 0. The van der Waals surface area contributed by atoms with Crippen LogP contribution in [0.4, 0.5) is 0 Å². The Hall–Kier alpha value is -3.81. The molecule has 128 valence electrons. The minimum Gasteiger partial charge on any atom is -0.477 e. The molecule has 4 aromatic rings. The van der Waals surface area contributed by atoms with Crippen molar-refractivity contribution in [1.29, 1.82) is 0 Å². The maximum Gasteiger partial charge on any atom is 0.341 e. The van der Waals surface area contributed by atoms with Gasteiger partial charge in [0, 0.05) is 23.7 Å². The van der Waals surface area contributed by atoms with Crippen molar-refractivity contribution >= 4 is 11.6 Å². The van der Waals surface area contributed by atoms with Crippen LogP contribution >= 0.6 is 0 Å². The number of hydrogen-bond acceptors (Lipinski definition) is 6. The van der Waals surface area contributed by atoms with Crippen molar-refractivity contribution in [1.82, 2.24) is 24.6 Å². The van der Waals surface area contributed by atoms with Gasteiger partial charge < -0.3 is 9.84 Å². The Labute approximate surface area is 147 Å². The molecule has 8 nitrogen and oxygen atoms in total. The second kappa shape index (κ2) is 6.25. The van der Waals surface area contributed by atoms with Crippen LogP contribution in [0.1, 0.15) is 16.1 Å². The van der Waals surface area contributed by atoms with E-state index in [0.29, 0.717) is 17.1 Å². The lowest BCUT2D eigenvalue weighted by Gasteiger charge is -2.08. The number of aryl methyl sites for hydroxylation is 1. The summed E-state index contributed by atoms with van der Waals surface area (Å²) in [5.41, 5.74) is 2.53. The van der Waals surface area contributed by atoms with E-state index in [2.05, 4.69) is 20.1 Å². The second-order valence-electron chi connectivity index (χ2n) is 5.54. The molecule has 0 aliphatic rings. The molecule has 0 saturated heterocycles. The smallest absolute Gasteiger partial charge is 0.341 e. The Balaban J connectivity index is 1.77. The van der Waals surface area contributed by atoms with Crippen LogP contribution in [0.3, 0.4) is 0 Å². The number of aromatic carboxylic acids is 1. The maximum atomic E-state index is 11.4. The molecule has 4 rings (SSSR count). The summed E-state index contributed by atoms with van der Waals surface area (Å²) in [5.74, 6) is -0.512. The van der Waals surface area contributed by atoms with Crippen LogP contribution in [0.2, 0.25) is 0 Å². The van der Waals surface area contributed by atoms with Crippen molar-refractivity contribution < 1.29 is 14.6 Å². The number of rotatable bonds is 4. The highest BCUT2D eigenvalue weighted by Crippen LogP contribution is 2.26. The fourth-order valence-electron chi connectivity index (χ4n) is 2.57. The monoisotopic (exact) mass is 347 g/mol. The van der Waals surface area contributed by atoms with E-state index in [-0.39, 0.29) is 11.6 Å². The lowest BCUT2D eigenvalue weighted by atomic mass is 10.1. The van der Waals surface area contributed by atoms with Gasteiger partial charge in [-0.1, -0.05) is 12.1 Å². The number of carboxylic acid groups (broad SMARTS) is 1. The van der Waals surface area contributed by atoms with Crippen LogP contribution in [0, 0.1) is 6.92 Å². The first-order valence-corrected chi connectivity index (χ1v) is 7.76. The fourth-order valence-corrected chi connectivity index (χ4v) is 2.57. The van der Waals surface area contributed by atoms with Crippen LogP contribution in [-0.2, 0) is 0 Å². The Morgan fingerprint density at radius 3 is 2.73 bits per heavy atom. The number of aromatic nitrogens is 5. The maximum absolute atomic E-state index is 11.4. The average Bonchev–Trinajstić information content (AvgIpc) is 3.08. The zero-order chi connectivity index (χ0) is 18.1. The molecule has 3 heterocycles. The van der Waals surface area contributed by atoms with Gasteiger partial charge in [-0.05, 0) is 31.2 Å². The molecule has 0 bridgehead atoms. The van der Waals surface area contributed by atoms with Gasteiger partial charge in [0.1, 0.15) is 11.3 Å². The molecule has 8 heteroatoms. The van der Waals surface area contributed by atoms with Gasteiger partial charge in [0.05, 0.1) is 11.9 Å². The molecule has 0 spiro atoms. The van der Waals surface area contributed by atoms with Crippen molar-refractivity contribution in [2.75, 3.05) is 0 Å². The zero-order valence-electron chi connectivity index (χ0n) is 13.7. The third-order valence-electron chi connectivity index (χ3n) is 3.76. The van der Waals surface area contributed by atoms with Gasteiger partial charge in [-0.2, -0.15) is 5.10 Å². The number of ether oxygens (including phenoxy) is 1. The first-order chi connectivity index (χ1) is 12.6. The highest BCUT2D eigenvalue weighted by molar-refractivity contribution is 5.94. The summed E-state index contributed by atoms with van der Waals surface area (Å²) in [6.45, 7) is 1.84. The molecular weight excluding hydrogens is 334 g/mol. The number of benzene rings is 1. The summed E-state index contributed by atoms with van der Waals surface area (Å²) < 4.78 is 7.15. The molecule has 0 unspecified atom stereocenters. The van der Waals surface area contributed by atoms with Crippen LogP contribution in [0.5, 0.6) is 11.8 Å². The highest BCUT2D eigenvalue weighted by atomic mass is 16.5. The van der Waals surface area contributed by atoms with Gasteiger partial charge in [0.25, 0.3) is 0 Å². The quantitative estimate of drug-likeness (QED) is 0.605. The van der Waals surface area contributed by atoms with Crippen molar-refractivity contribution in [3.05, 3.63) is 66.2 Å². The summed E-state index contributed by atoms with van der Waals surface area (Å²) in [6.07, 6.45) is 4.49. The van der Waals surface area contributed by atoms with E-state index < -0.39 is 5.97 Å². The van der Waals surface area contributed by atoms with Gasteiger partial charge in [0.2, 0.25) is 0 Å². The number of hydrogen-bond donors (Lipinski definition) is 1. The lowest BCUT2D eigenvalue weighted by molar-refractivity contribution is 0.0698. The Bertz CT molecular complexity index is 1110. The molecule has 0 aliphatic carbocycles. The zero-order valence-corrected chi connectivity index (χ0v) is 13.7. The van der Waals surface area contributed by atoms with Crippen molar-refractivity contribution in [3.63, 3.8) is 0 Å². The van der Waals surface area contributed by atoms with E-state index >= 15 is 0 Å². The molecule has 0 aliphatic heterocycles. The van der Waals surface area contributed by atoms with E-state index in [4.69, 9.17) is 4.74 Å². The van der Waals surface area contributed by atoms with Gasteiger partial charge in [0.15, 0.2) is 5.65 Å². The SMILES string of the molecule is Cc1cc(-c2cccc(Oc3ncccn3)c2)nc2c(C(=O)O)cnn12. The minimum atomic E-state index is -1.07. The van der Waals surface area contributed by atoms with E-state index in [9.17, 15) is 9.90 Å². The predicted molar refractivity (Wildman–Crippen MR) is 92.2 cm³/mol. The van der Waals surface area contributed by atoms with Crippen LogP contribution in [0.15, 0.2) is 55.0 Å². The number of fused-ring (bicyclic) bond motifs is 1. The standard InChI is InChI=1S/C18H13N5O3/c1-11-8-15(22-16-14(17(24)25)10-21-23(11)16)12-4-2-5-13(9-12)26-18-19-6-3-7-20-18/h2-10H,1H3,(H,24,25). The molecule has 3 aromatic heterocycles. The number of nitrogens with zero attached hydrogens (tertiary/aromatic N) is 5. The molecule has 0 amide bonds. The highest BCUT2D eigenvalue weighted by Gasteiger charge is 2.15. The molecule has 0 atom stereocenters. The third-order valence-corrected chi connectivity index (χ3v) is 3.76. The largest absolute Gasteiger partial charge is 0.477 e. The first kappa shape index (κ1) is 15.7. The minimum absolute atomic E-state index is 0.0556. The van der Waals surface area contributed by atoms with Crippen LogP contribution in [-0.4, -0.2) is 35.6 Å². The normalized spacial score (nSPS) is 10.8. The Kier molecular flexibility index (Phi) is 3.77. The average molecular weight is 347 g/mol. The van der Waals surface area contributed by atoms with Gasteiger partial charge in [-0.3, -0.25) is 0 Å². The van der Waals surface area contributed by atoms with Crippen molar-refractivity contribution in [2.45, 2.75) is 6.92 Å². The summed E-state index contributed by atoms with van der Waals surface area (Å²) >= 11 is 0. The molecule has 0 fully saturated rings. The molecule has 1 N–H and O–H groups in total. The molecular formula is C18H13N5O3. The Morgan fingerprint density at radius 1 is 1.15 bits per heavy atom. The molecule has 0 radical (unpaired) electrons. The third kappa shape index (κ3) is 2.84. The Morgan fingerprint density at radius 2 is 1.96 bits per heavy atom. The number of carbonyl (C=O) groups is 1. The topological polar surface area (TPSA) is 102 Å². The van der Waals surface area contributed by atoms with Crippen LogP contribution in [0.25, 0.3) is 16.9 Å². The summed E-state index contributed by atoms with van der Waals surface area (Å²) in [6, 6.07) is 11.1. The molecule has 1 aromatic carbocycles. The van der Waals surface area contributed by atoms with E-state index in [1.165, 1.54) is 10.7 Å². The first-order valence-electron chi connectivity index (χ1n) is 7.76. The second-order valence-corrected chi connectivity index (χ2v) is 5.54. The lowest BCUT2D eigenvalue weighted by Crippen LogP contribution is -2.01. The van der Waals surface area contributed by atoms with Gasteiger partial charge >= 0.3 is 12.0 Å². The van der Waals surface area contributed by atoms with E-state index in [0.717, 1.165) is 11.3 Å². The molecule has 26 heavy (non-hydrogen) atoms. The van der Waals surface area contributed by atoms with Crippen molar-refractivity contribution in [2.24, 2.45) is 0 Å². The summed E-state index contributed by atoms with van der Waals surface area (Å²) in [4.78, 5) is 23.9.